The van der Waals surface area contributed by atoms with E-state index in [1.54, 1.807) is 0 Å². The zero-order chi connectivity index (χ0) is 15.5. The number of amides is 1. The number of anilines is 3. The van der Waals surface area contributed by atoms with E-state index in [0.29, 0.717) is 6.54 Å². The van der Waals surface area contributed by atoms with E-state index in [1.165, 1.54) is 0 Å². The van der Waals surface area contributed by atoms with Crippen LogP contribution >= 0.6 is 12.4 Å². The van der Waals surface area contributed by atoms with Crippen LogP contribution in [0.2, 0.25) is 0 Å². The molecule has 0 saturated carbocycles. The predicted octanol–water partition coefficient (Wildman–Crippen LogP) is 3.39. The molecule has 122 valence electrons. The van der Waals surface area contributed by atoms with Crippen molar-refractivity contribution in [3.63, 3.8) is 0 Å². The van der Waals surface area contributed by atoms with E-state index < -0.39 is 0 Å². The molecule has 23 heavy (non-hydrogen) atoms. The number of rotatable bonds is 3. The number of nitrogens with one attached hydrogen (secondary N) is 1. The second-order valence-electron chi connectivity index (χ2n) is 5.79. The molecule has 2 aromatic rings. The minimum Gasteiger partial charge on any atom is -0.398 e. The fourth-order valence-corrected chi connectivity index (χ4v) is 2.99. The Morgan fingerprint density at radius 2 is 2.04 bits per heavy atom. The van der Waals surface area contributed by atoms with Crippen LogP contribution in [0.4, 0.5) is 17.1 Å². The van der Waals surface area contributed by atoms with Gasteiger partial charge in [-0.2, -0.15) is 0 Å². The van der Waals surface area contributed by atoms with Crippen LogP contribution in [0.1, 0.15) is 17.5 Å². The molecule has 0 spiro atoms. The summed E-state index contributed by atoms with van der Waals surface area (Å²) in [7, 11) is 0. The largest absolute Gasteiger partial charge is 0.398 e. The van der Waals surface area contributed by atoms with Gasteiger partial charge in [0.05, 0.1) is 6.54 Å². The SMILES string of the molecule is Cc1cccc(NC(=O)CN2CCCc3c(N)cccc32)c1.Cl. The number of halogens is 1. The van der Waals surface area contributed by atoms with E-state index in [9.17, 15) is 4.79 Å². The fraction of sp³-hybridized carbons (Fsp3) is 0.278. The van der Waals surface area contributed by atoms with Gasteiger partial charge in [-0.1, -0.05) is 18.2 Å². The number of aryl methyl sites for hydroxylation is 1. The van der Waals surface area contributed by atoms with Crippen molar-refractivity contribution in [3.8, 4) is 0 Å². The van der Waals surface area contributed by atoms with Gasteiger partial charge in [-0.25, -0.2) is 0 Å². The number of fused-ring (bicyclic) bond motifs is 1. The summed E-state index contributed by atoms with van der Waals surface area (Å²) in [6, 6.07) is 13.8. The molecule has 0 bridgehead atoms. The van der Waals surface area contributed by atoms with E-state index in [4.69, 9.17) is 5.73 Å². The average molecular weight is 332 g/mol. The van der Waals surface area contributed by atoms with Gasteiger partial charge in [0.2, 0.25) is 5.91 Å². The number of carbonyl (C=O) groups excluding carboxylic acids is 1. The first-order valence-electron chi connectivity index (χ1n) is 7.62. The molecular weight excluding hydrogens is 310 g/mol. The van der Waals surface area contributed by atoms with Crippen molar-refractivity contribution in [2.45, 2.75) is 19.8 Å². The molecule has 1 aliphatic heterocycles. The topological polar surface area (TPSA) is 58.4 Å². The Hall–Kier alpha value is -2.20. The van der Waals surface area contributed by atoms with Gasteiger partial charge in [0, 0.05) is 23.6 Å². The molecular formula is C18H22ClN3O. The summed E-state index contributed by atoms with van der Waals surface area (Å²) in [5, 5.41) is 2.96. The van der Waals surface area contributed by atoms with E-state index in [0.717, 1.165) is 47.6 Å². The number of hydrogen-bond donors (Lipinski definition) is 2. The molecule has 1 amide bonds. The quantitative estimate of drug-likeness (QED) is 0.848. The third-order valence-corrected chi connectivity index (χ3v) is 4.02. The lowest BCUT2D eigenvalue weighted by Gasteiger charge is -2.31. The molecule has 0 saturated heterocycles. The molecule has 4 nitrogen and oxygen atoms in total. The molecule has 0 aromatic heterocycles. The van der Waals surface area contributed by atoms with E-state index in [2.05, 4.69) is 10.2 Å². The molecule has 5 heteroatoms. The van der Waals surface area contributed by atoms with E-state index in [-0.39, 0.29) is 18.3 Å². The van der Waals surface area contributed by atoms with Crippen LogP contribution in [-0.2, 0) is 11.2 Å². The van der Waals surface area contributed by atoms with Gasteiger partial charge >= 0.3 is 0 Å². The van der Waals surface area contributed by atoms with Crippen LogP contribution in [0.3, 0.4) is 0 Å². The molecule has 0 fully saturated rings. The van der Waals surface area contributed by atoms with Crippen LogP contribution in [0, 0.1) is 6.92 Å². The first kappa shape index (κ1) is 17.2. The monoisotopic (exact) mass is 331 g/mol. The zero-order valence-electron chi connectivity index (χ0n) is 13.2. The van der Waals surface area contributed by atoms with Gasteiger partial charge in [0.25, 0.3) is 0 Å². The molecule has 2 aromatic carbocycles. The molecule has 0 atom stereocenters. The maximum Gasteiger partial charge on any atom is 0.243 e. The number of nitrogens with two attached hydrogens (primary N) is 1. The van der Waals surface area contributed by atoms with Crippen molar-refractivity contribution in [3.05, 3.63) is 53.6 Å². The number of nitrogens with zero attached hydrogens (tertiary/aromatic N) is 1. The smallest absolute Gasteiger partial charge is 0.243 e. The zero-order valence-corrected chi connectivity index (χ0v) is 14.0. The van der Waals surface area contributed by atoms with Gasteiger partial charge in [-0.05, 0) is 55.2 Å². The minimum absolute atomic E-state index is 0. The third kappa shape index (κ3) is 3.96. The molecule has 3 rings (SSSR count). The van der Waals surface area contributed by atoms with E-state index in [1.807, 2.05) is 49.4 Å². The fourth-order valence-electron chi connectivity index (χ4n) is 2.99. The Kier molecular flexibility index (Phi) is 5.50. The molecule has 0 aliphatic carbocycles. The second-order valence-corrected chi connectivity index (χ2v) is 5.79. The lowest BCUT2D eigenvalue weighted by molar-refractivity contribution is -0.115. The maximum atomic E-state index is 12.3. The molecule has 1 aliphatic rings. The average Bonchev–Trinajstić information content (AvgIpc) is 2.48. The lowest BCUT2D eigenvalue weighted by atomic mass is 10.00. The second kappa shape index (κ2) is 7.38. The highest BCUT2D eigenvalue weighted by Crippen LogP contribution is 2.31. The maximum absolute atomic E-state index is 12.3. The normalized spacial score (nSPS) is 13.0. The first-order chi connectivity index (χ1) is 10.6. The highest BCUT2D eigenvalue weighted by molar-refractivity contribution is 5.94. The van der Waals surface area contributed by atoms with Crippen molar-refractivity contribution in [1.29, 1.82) is 0 Å². The van der Waals surface area contributed by atoms with Gasteiger partial charge in [0.15, 0.2) is 0 Å². The van der Waals surface area contributed by atoms with Crippen LogP contribution in [0.25, 0.3) is 0 Å². The van der Waals surface area contributed by atoms with Crippen LogP contribution in [0.5, 0.6) is 0 Å². The molecule has 0 radical (unpaired) electrons. The van der Waals surface area contributed by atoms with E-state index >= 15 is 0 Å². The van der Waals surface area contributed by atoms with Crippen molar-refractivity contribution in [2.24, 2.45) is 0 Å². The Labute approximate surface area is 143 Å². The Bertz CT molecular complexity index is 702. The summed E-state index contributed by atoms with van der Waals surface area (Å²) in [5.74, 6) is 0.000810. The van der Waals surface area contributed by atoms with Gasteiger partial charge in [-0.3, -0.25) is 4.79 Å². The summed E-state index contributed by atoms with van der Waals surface area (Å²) in [6.45, 7) is 3.25. The van der Waals surface area contributed by atoms with Crippen molar-refractivity contribution >= 4 is 35.4 Å². The minimum atomic E-state index is 0. The number of carbonyl (C=O) groups is 1. The summed E-state index contributed by atoms with van der Waals surface area (Å²) in [4.78, 5) is 14.4. The van der Waals surface area contributed by atoms with Crippen molar-refractivity contribution in [2.75, 3.05) is 29.0 Å². The van der Waals surface area contributed by atoms with Gasteiger partial charge in [0.1, 0.15) is 0 Å². The first-order valence-corrected chi connectivity index (χ1v) is 7.62. The predicted molar refractivity (Wildman–Crippen MR) is 98.4 cm³/mol. The van der Waals surface area contributed by atoms with Crippen LogP contribution in [-0.4, -0.2) is 19.0 Å². The Morgan fingerprint density at radius 3 is 2.83 bits per heavy atom. The number of hydrogen-bond acceptors (Lipinski definition) is 3. The Balaban J connectivity index is 0.00000192. The van der Waals surface area contributed by atoms with Crippen molar-refractivity contribution in [1.82, 2.24) is 0 Å². The molecule has 3 N–H and O–H groups in total. The van der Waals surface area contributed by atoms with Crippen molar-refractivity contribution < 1.29 is 4.79 Å². The third-order valence-electron chi connectivity index (χ3n) is 4.02. The highest BCUT2D eigenvalue weighted by Gasteiger charge is 2.20. The standard InChI is InChI=1S/C18H21N3O.ClH/c1-13-5-2-6-14(11-13)20-18(22)12-21-10-4-7-15-16(19)8-3-9-17(15)21;/h2-3,5-6,8-9,11H,4,7,10,12,19H2,1H3,(H,20,22);1H. The highest BCUT2D eigenvalue weighted by atomic mass is 35.5. The number of benzene rings is 2. The molecule has 1 heterocycles. The van der Waals surface area contributed by atoms with Crippen LogP contribution < -0.4 is 16.0 Å². The van der Waals surface area contributed by atoms with Gasteiger partial charge < -0.3 is 16.0 Å². The van der Waals surface area contributed by atoms with Gasteiger partial charge in [-0.15, -0.1) is 12.4 Å². The lowest BCUT2D eigenvalue weighted by Crippen LogP contribution is -2.37. The molecule has 0 unspecified atom stereocenters. The summed E-state index contributed by atoms with van der Waals surface area (Å²) < 4.78 is 0. The summed E-state index contributed by atoms with van der Waals surface area (Å²) >= 11 is 0. The summed E-state index contributed by atoms with van der Waals surface area (Å²) in [6.07, 6.45) is 2.01. The number of nitrogen functional groups attached to an aromatic ring is 1. The van der Waals surface area contributed by atoms with Crippen LogP contribution in [0.15, 0.2) is 42.5 Å². The summed E-state index contributed by atoms with van der Waals surface area (Å²) in [5.41, 5.74) is 11.1. The Morgan fingerprint density at radius 1 is 1.26 bits per heavy atom.